The Morgan fingerprint density at radius 2 is 0.696 bits per heavy atom. The maximum Gasteiger partial charge on any atom is -0.0348 e. The molecule has 0 heteroatoms. The van der Waals surface area contributed by atoms with Gasteiger partial charge >= 0.3 is 0 Å². The molecule has 0 amide bonds. The van der Waals surface area contributed by atoms with Crippen LogP contribution in [0.25, 0.3) is 0 Å². The Morgan fingerprint density at radius 3 is 1.04 bits per heavy atom. The van der Waals surface area contributed by atoms with E-state index >= 15 is 0 Å². The lowest BCUT2D eigenvalue weighted by atomic mass is 10.1. The van der Waals surface area contributed by atoms with Crippen molar-refractivity contribution >= 4 is 0 Å². The second-order valence-electron chi connectivity index (χ2n) is 7.03. The van der Waals surface area contributed by atoms with Gasteiger partial charge in [-0.05, 0) is 25.7 Å². The first-order chi connectivity index (χ1) is 11.4. The van der Waals surface area contributed by atoms with Crippen molar-refractivity contribution in [3.8, 4) is 0 Å². The third-order valence-electron chi connectivity index (χ3n) is 4.58. The fourth-order valence-corrected chi connectivity index (χ4v) is 2.96. The van der Waals surface area contributed by atoms with Crippen molar-refractivity contribution in [1.29, 1.82) is 0 Å². The quantitative estimate of drug-likeness (QED) is 0.175. The fraction of sp³-hybridized carbons (Fsp3) is 0.826. The van der Waals surface area contributed by atoms with E-state index in [-0.39, 0.29) is 0 Å². The van der Waals surface area contributed by atoms with Gasteiger partial charge in [0.1, 0.15) is 0 Å². The van der Waals surface area contributed by atoms with Crippen molar-refractivity contribution in [2.24, 2.45) is 0 Å². The molecule has 0 rings (SSSR count). The maximum atomic E-state index is 2.35. The second kappa shape index (κ2) is 21.5. The van der Waals surface area contributed by atoms with Gasteiger partial charge in [0, 0.05) is 0 Å². The summed E-state index contributed by atoms with van der Waals surface area (Å²) in [5, 5.41) is 0. The van der Waals surface area contributed by atoms with Crippen LogP contribution in [0.4, 0.5) is 0 Å². The largest absolute Gasteiger partial charge is 0.0845 e. The summed E-state index contributed by atoms with van der Waals surface area (Å²) < 4.78 is 0. The van der Waals surface area contributed by atoms with Crippen LogP contribution in [0.3, 0.4) is 0 Å². The predicted octanol–water partition coefficient (Wildman–Crippen LogP) is 8.77. The second-order valence-corrected chi connectivity index (χ2v) is 7.03. The summed E-state index contributed by atoms with van der Waals surface area (Å²) in [5.74, 6) is 0. The van der Waals surface area contributed by atoms with Crippen LogP contribution in [0.2, 0.25) is 0 Å². The summed E-state index contributed by atoms with van der Waals surface area (Å²) in [6.45, 7) is 4.57. The van der Waals surface area contributed by atoms with E-state index in [1.807, 2.05) is 0 Å². The van der Waals surface area contributed by atoms with Crippen molar-refractivity contribution in [3.05, 3.63) is 24.3 Å². The lowest BCUT2D eigenvalue weighted by molar-refractivity contribution is 0.577. The van der Waals surface area contributed by atoms with Gasteiger partial charge in [0.2, 0.25) is 0 Å². The van der Waals surface area contributed by atoms with Gasteiger partial charge < -0.3 is 0 Å². The van der Waals surface area contributed by atoms with E-state index in [4.69, 9.17) is 0 Å². The predicted molar refractivity (Wildman–Crippen MR) is 108 cm³/mol. The molecule has 0 heterocycles. The Kier molecular flexibility index (Phi) is 21.0. The molecule has 0 radical (unpaired) electrons. The van der Waals surface area contributed by atoms with Gasteiger partial charge in [-0.3, -0.25) is 0 Å². The van der Waals surface area contributed by atoms with E-state index in [1.165, 1.54) is 109 Å². The molecular weight excluding hydrogens is 276 g/mol. The van der Waals surface area contributed by atoms with Gasteiger partial charge in [0.25, 0.3) is 0 Å². The SMILES string of the molecule is CCCCCCCCCC=CC=CCCCCCCCCCC. The van der Waals surface area contributed by atoms with Gasteiger partial charge in [0.05, 0.1) is 0 Å². The molecule has 0 atom stereocenters. The molecule has 0 aliphatic rings. The molecule has 0 nitrogen and oxygen atoms in total. The molecule has 0 saturated heterocycles. The number of allylic oxidation sites excluding steroid dienone is 4. The zero-order chi connectivity index (χ0) is 16.8. The smallest absolute Gasteiger partial charge is 0.0348 e. The molecule has 0 aliphatic carbocycles. The van der Waals surface area contributed by atoms with Crippen LogP contribution >= 0.6 is 0 Å². The molecule has 0 bridgehead atoms. The zero-order valence-electron chi connectivity index (χ0n) is 16.3. The third-order valence-corrected chi connectivity index (χ3v) is 4.58. The van der Waals surface area contributed by atoms with Crippen LogP contribution in [0.15, 0.2) is 24.3 Å². The number of hydrogen-bond acceptors (Lipinski definition) is 0. The van der Waals surface area contributed by atoms with Crippen molar-refractivity contribution in [2.75, 3.05) is 0 Å². The van der Waals surface area contributed by atoms with E-state index in [2.05, 4.69) is 38.2 Å². The summed E-state index contributed by atoms with van der Waals surface area (Å²) in [7, 11) is 0. The molecule has 0 saturated carbocycles. The average Bonchev–Trinajstić information content (AvgIpc) is 2.57. The third kappa shape index (κ3) is 21.5. The Hall–Kier alpha value is -0.520. The molecule has 0 N–H and O–H groups in total. The summed E-state index contributed by atoms with van der Waals surface area (Å²) >= 11 is 0. The highest BCUT2D eigenvalue weighted by Gasteiger charge is 1.90. The van der Waals surface area contributed by atoms with Crippen LogP contribution in [0.5, 0.6) is 0 Å². The molecule has 0 aromatic heterocycles. The van der Waals surface area contributed by atoms with Crippen molar-refractivity contribution in [2.45, 2.75) is 123 Å². The lowest BCUT2D eigenvalue weighted by Crippen LogP contribution is -1.79. The number of unbranched alkanes of at least 4 members (excludes halogenated alkanes) is 15. The van der Waals surface area contributed by atoms with Gasteiger partial charge in [-0.15, -0.1) is 0 Å². The first kappa shape index (κ1) is 22.5. The summed E-state index contributed by atoms with van der Waals surface area (Å²) in [6.07, 6.45) is 32.9. The summed E-state index contributed by atoms with van der Waals surface area (Å²) in [6, 6.07) is 0. The van der Waals surface area contributed by atoms with Gasteiger partial charge in [-0.2, -0.15) is 0 Å². The van der Waals surface area contributed by atoms with Crippen LogP contribution in [-0.4, -0.2) is 0 Å². The Labute approximate surface area is 147 Å². The molecule has 0 aliphatic heterocycles. The highest BCUT2D eigenvalue weighted by Crippen LogP contribution is 2.10. The molecule has 136 valence electrons. The minimum absolute atomic E-state index is 1.26. The maximum absolute atomic E-state index is 2.35. The highest BCUT2D eigenvalue weighted by molar-refractivity contribution is 5.02. The Balaban J connectivity index is 3.15. The molecular formula is C23H44. The van der Waals surface area contributed by atoms with Crippen LogP contribution in [0.1, 0.15) is 123 Å². The van der Waals surface area contributed by atoms with Gasteiger partial charge in [0.15, 0.2) is 0 Å². The fourth-order valence-electron chi connectivity index (χ4n) is 2.96. The molecule has 0 spiro atoms. The van der Waals surface area contributed by atoms with E-state index < -0.39 is 0 Å². The first-order valence-corrected chi connectivity index (χ1v) is 10.7. The van der Waals surface area contributed by atoms with Crippen molar-refractivity contribution < 1.29 is 0 Å². The monoisotopic (exact) mass is 320 g/mol. The van der Waals surface area contributed by atoms with Crippen molar-refractivity contribution in [1.82, 2.24) is 0 Å². The normalized spacial score (nSPS) is 11.9. The molecule has 0 unspecified atom stereocenters. The molecule has 0 fully saturated rings. The zero-order valence-corrected chi connectivity index (χ0v) is 16.3. The van der Waals surface area contributed by atoms with Crippen molar-refractivity contribution in [3.63, 3.8) is 0 Å². The van der Waals surface area contributed by atoms with Gasteiger partial charge in [-0.25, -0.2) is 0 Å². The molecule has 0 aromatic carbocycles. The number of rotatable bonds is 18. The highest BCUT2D eigenvalue weighted by atomic mass is 14.0. The number of hydrogen-bond donors (Lipinski definition) is 0. The summed E-state index contributed by atoms with van der Waals surface area (Å²) in [5.41, 5.74) is 0. The average molecular weight is 321 g/mol. The molecule has 23 heavy (non-hydrogen) atoms. The van der Waals surface area contributed by atoms with E-state index in [1.54, 1.807) is 0 Å². The van der Waals surface area contributed by atoms with Crippen LogP contribution < -0.4 is 0 Å². The van der Waals surface area contributed by atoms with E-state index in [0.29, 0.717) is 0 Å². The first-order valence-electron chi connectivity index (χ1n) is 10.7. The topological polar surface area (TPSA) is 0 Å². The van der Waals surface area contributed by atoms with Gasteiger partial charge in [-0.1, -0.05) is 122 Å². The lowest BCUT2D eigenvalue weighted by Gasteiger charge is -1.99. The Bertz CT molecular complexity index is 249. The van der Waals surface area contributed by atoms with E-state index in [0.717, 1.165) is 0 Å². The van der Waals surface area contributed by atoms with Crippen LogP contribution in [0, 0.1) is 0 Å². The standard InChI is InChI=1S/C23H44/c1-3-5-7-9-11-13-15-17-19-21-23-22-20-18-16-14-12-10-8-6-4-2/h19,21-23H,3-18,20H2,1-2H3. The minimum Gasteiger partial charge on any atom is -0.0845 e. The molecule has 0 aromatic rings. The van der Waals surface area contributed by atoms with E-state index in [9.17, 15) is 0 Å². The summed E-state index contributed by atoms with van der Waals surface area (Å²) in [4.78, 5) is 0. The Morgan fingerprint density at radius 1 is 0.391 bits per heavy atom. The minimum atomic E-state index is 1.26. The van der Waals surface area contributed by atoms with Crippen LogP contribution in [-0.2, 0) is 0 Å².